The van der Waals surface area contributed by atoms with Crippen molar-refractivity contribution in [1.29, 1.82) is 0 Å². The molecule has 2 heterocycles. The second-order valence-electron chi connectivity index (χ2n) is 8.54. The van der Waals surface area contributed by atoms with Crippen LogP contribution in [-0.2, 0) is 9.59 Å². The van der Waals surface area contributed by atoms with Crippen molar-refractivity contribution in [3.05, 3.63) is 23.8 Å². The number of anilines is 1. The largest absolute Gasteiger partial charge is 0.476 e. The molecule has 2 amide bonds. The number of benzene rings is 1. The number of ether oxygens (including phenoxy) is 1. The van der Waals surface area contributed by atoms with E-state index in [1.807, 2.05) is 30.0 Å². The molecule has 1 aromatic carbocycles. The van der Waals surface area contributed by atoms with E-state index in [-0.39, 0.29) is 11.8 Å². The maximum absolute atomic E-state index is 12.9. The molecule has 1 fully saturated rings. The van der Waals surface area contributed by atoms with Crippen molar-refractivity contribution in [3.63, 3.8) is 0 Å². The van der Waals surface area contributed by atoms with E-state index in [0.717, 1.165) is 24.3 Å². The Bertz CT molecular complexity index is 703. The minimum Gasteiger partial charge on any atom is -0.476 e. The van der Waals surface area contributed by atoms with E-state index >= 15 is 0 Å². The van der Waals surface area contributed by atoms with Crippen LogP contribution >= 0.6 is 0 Å². The molecule has 0 bridgehead atoms. The molecule has 0 saturated carbocycles. The second kappa shape index (κ2) is 6.93. The van der Waals surface area contributed by atoms with Gasteiger partial charge < -0.3 is 14.5 Å². The van der Waals surface area contributed by atoms with Gasteiger partial charge in [-0.15, -0.1) is 0 Å². The maximum Gasteiger partial charge on any atom is 0.270 e. The molecule has 2 aliphatic heterocycles. The lowest BCUT2D eigenvalue weighted by Crippen LogP contribution is -2.53. The average Bonchev–Trinajstić information content (AvgIpc) is 2.55. The van der Waals surface area contributed by atoms with Crippen molar-refractivity contribution in [2.75, 3.05) is 24.5 Å². The second-order valence-corrected chi connectivity index (χ2v) is 8.54. The predicted molar refractivity (Wildman–Crippen MR) is 102 cm³/mol. The van der Waals surface area contributed by atoms with E-state index in [9.17, 15) is 9.59 Å². The summed E-state index contributed by atoms with van der Waals surface area (Å²) in [4.78, 5) is 29.3. The van der Waals surface area contributed by atoms with Gasteiger partial charge in [0.1, 0.15) is 5.75 Å². The van der Waals surface area contributed by atoms with Gasteiger partial charge >= 0.3 is 0 Å². The van der Waals surface area contributed by atoms with Gasteiger partial charge in [-0.05, 0) is 56.7 Å². The standard InChI is InChI=1S/C21H30N2O3/c1-14-6-7-18-17(11-14)23(20(25)21(4,5)26-18)9-8-19(24)22-12-15(2)10-16(3)13-22/h6-7,11,15-16H,8-10,12-13H2,1-5H3. The van der Waals surface area contributed by atoms with Crippen molar-refractivity contribution in [3.8, 4) is 5.75 Å². The molecular weight excluding hydrogens is 328 g/mol. The van der Waals surface area contributed by atoms with E-state index < -0.39 is 5.60 Å². The molecule has 1 aromatic rings. The quantitative estimate of drug-likeness (QED) is 0.832. The summed E-state index contributed by atoms with van der Waals surface area (Å²) in [6.45, 7) is 12.0. The average molecular weight is 358 g/mol. The van der Waals surface area contributed by atoms with Gasteiger partial charge in [0, 0.05) is 26.1 Å². The van der Waals surface area contributed by atoms with E-state index in [4.69, 9.17) is 4.74 Å². The van der Waals surface area contributed by atoms with Gasteiger partial charge in [0.25, 0.3) is 5.91 Å². The molecule has 3 rings (SSSR count). The highest BCUT2D eigenvalue weighted by molar-refractivity contribution is 6.02. The monoisotopic (exact) mass is 358 g/mol. The van der Waals surface area contributed by atoms with Crippen LogP contribution in [0.2, 0.25) is 0 Å². The SMILES string of the molecule is Cc1ccc2c(c1)N(CCC(=O)N1CC(C)CC(C)C1)C(=O)C(C)(C)O2. The first kappa shape index (κ1) is 18.7. The molecule has 0 radical (unpaired) electrons. The number of carbonyl (C=O) groups excluding carboxylic acids is 2. The minimum atomic E-state index is -0.917. The summed E-state index contributed by atoms with van der Waals surface area (Å²) in [5.74, 6) is 1.82. The van der Waals surface area contributed by atoms with E-state index in [1.165, 1.54) is 6.42 Å². The molecule has 5 nitrogen and oxygen atoms in total. The minimum absolute atomic E-state index is 0.0937. The predicted octanol–water partition coefficient (Wildman–Crippen LogP) is 3.39. The van der Waals surface area contributed by atoms with Crippen LogP contribution in [0.15, 0.2) is 18.2 Å². The molecule has 0 aromatic heterocycles. The van der Waals surface area contributed by atoms with Crippen LogP contribution in [-0.4, -0.2) is 41.9 Å². The lowest BCUT2D eigenvalue weighted by Gasteiger charge is -2.39. The normalized spacial score (nSPS) is 24.9. The summed E-state index contributed by atoms with van der Waals surface area (Å²) in [5.41, 5.74) is 0.914. The van der Waals surface area contributed by atoms with Crippen LogP contribution in [0.3, 0.4) is 0 Å². The highest BCUT2D eigenvalue weighted by atomic mass is 16.5. The first-order chi connectivity index (χ1) is 12.2. The van der Waals surface area contributed by atoms with Gasteiger partial charge in [-0.3, -0.25) is 9.59 Å². The summed E-state index contributed by atoms with van der Waals surface area (Å²) < 4.78 is 5.88. The Balaban J connectivity index is 1.75. The number of piperidine rings is 1. The first-order valence-corrected chi connectivity index (χ1v) is 9.57. The van der Waals surface area contributed by atoms with Gasteiger partial charge in [-0.25, -0.2) is 0 Å². The van der Waals surface area contributed by atoms with Crippen LogP contribution in [0.1, 0.15) is 46.1 Å². The smallest absolute Gasteiger partial charge is 0.270 e. The summed E-state index contributed by atoms with van der Waals surface area (Å²) in [5, 5.41) is 0. The van der Waals surface area contributed by atoms with Gasteiger partial charge in [0.2, 0.25) is 5.91 Å². The fourth-order valence-electron chi connectivity index (χ4n) is 4.13. The molecule has 1 saturated heterocycles. The molecule has 142 valence electrons. The number of aryl methyl sites for hydroxylation is 1. The number of nitrogens with zero attached hydrogens (tertiary/aromatic N) is 2. The van der Waals surface area contributed by atoms with Crippen molar-refractivity contribution < 1.29 is 14.3 Å². The van der Waals surface area contributed by atoms with Gasteiger partial charge in [-0.1, -0.05) is 19.9 Å². The highest BCUT2D eigenvalue weighted by Crippen LogP contribution is 2.38. The lowest BCUT2D eigenvalue weighted by atomic mass is 9.92. The zero-order chi connectivity index (χ0) is 19.1. The van der Waals surface area contributed by atoms with Crippen LogP contribution in [0.5, 0.6) is 5.75 Å². The van der Waals surface area contributed by atoms with Gasteiger partial charge in [0.15, 0.2) is 5.60 Å². The molecular formula is C21H30N2O3. The zero-order valence-electron chi connectivity index (χ0n) is 16.5. The molecule has 26 heavy (non-hydrogen) atoms. The number of fused-ring (bicyclic) bond motifs is 1. The topological polar surface area (TPSA) is 49.9 Å². The molecule has 2 aliphatic rings. The molecule has 5 heteroatoms. The van der Waals surface area contributed by atoms with Crippen LogP contribution in [0, 0.1) is 18.8 Å². The highest BCUT2D eigenvalue weighted by Gasteiger charge is 2.41. The third-order valence-electron chi connectivity index (χ3n) is 5.30. The van der Waals surface area contributed by atoms with Crippen molar-refractivity contribution >= 4 is 17.5 Å². The van der Waals surface area contributed by atoms with Crippen LogP contribution in [0.4, 0.5) is 5.69 Å². The zero-order valence-corrected chi connectivity index (χ0v) is 16.5. The lowest BCUT2D eigenvalue weighted by molar-refractivity contribution is -0.134. The Morgan fingerprint density at radius 3 is 2.54 bits per heavy atom. The first-order valence-electron chi connectivity index (χ1n) is 9.57. The Hall–Kier alpha value is -2.04. The van der Waals surface area contributed by atoms with E-state index in [1.54, 1.807) is 18.7 Å². The molecule has 0 N–H and O–H groups in total. The van der Waals surface area contributed by atoms with E-state index in [0.29, 0.717) is 30.6 Å². The Labute approximate surface area is 156 Å². The van der Waals surface area contributed by atoms with Crippen molar-refractivity contribution in [2.45, 2.75) is 53.1 Å². The molecule has 2 atom stereocenters. The molecule has 2 unspecified atom stereocenters. The third-order valence-corrected chi connectivity index (χ3v) is 5.30. The Morgan fingerprint density at radius 2 is 1.88 bits per heavy atom. The fraction of sp³-hybridized carbons (Fsp3) is 0.619. The number of hydrogen-bond acceptors (Lipinski definition) is 3. The molecule has 0 spiro atoms. The van der Waals surface area contributed by atoms with Gasteiger partial charge in [-0.2, -0.15) is 0 Å². The van der Waals surface area contributed by atoms with Crippen molar-refractivity contribution in [1.82, 2.24) is 4.90 Å². The summed E-state index contributed by atoms with van der Waals surface area (Å²) >= 11 is 0. The van der Waals surface area contributed by atoms with E-state index in [2.05, 4.69) is 13.8 Å². The van der Waals surface area contributed by atoms with Crippen LogP contribution in [0.25, 0.3) is 0 Å². The van der Waals surface area contributed by atoms with Crippen LogP contribution < -0.4 is 9.64 Å². The number of carbonyl (C=O) groups is 2. The fourth-order valence-corrected chi connectivity index (χ4v) is 4.13. The number of rotatable bonds is 3. The van der Waals surface area contributed by atoms with Gasteiger partial charge in [0.05, 0.1) is 5.69 Å². The number of likely N-dealkylation sites (tertiary alicyclic amines) is 1. The Kier molecular flexibility index (Phi) is 5.00. The maximum atomic E-state index is 12.9. The summed E-state index contributed by atoms with van der Waals surface area (Å²) in [6.07, 6.45) is 1.52. The number of amides is 2. The Morgan fingerprint density at radius 1 is 1.23 bits per heavy atom. The summed E-state index contributed by atoms with van der Waals surface area (Å²) in [6, 6.07) is 5.84. The van der Waals surface area contributed by atoms with Crippen molar-refractivity contribution in [2.24, 2.45) is 11.8 Å². The number of hydrogen-bond donors (Lipinski definition) is 0. The molecule has 0 aliphatic carbocycles. The third kappa shape index (κ3) is 3.71. The summed E-state index contributed by atoms with van der Waals surface area (Å²) in [7, 11) is 0.